The first-order chi connectivity index (χ1) is 11.8. The highest BCUT2D eigenvalue weighted by atomic mass is 19.1. The number of aliphatic hydroxyl groups is 2. The summed E-state index contributed by atoms with van der Waals surface area (Å²) in [7, 11) is 1.78. The molecule has 0 unspecified atom stereocenters. The molecule has 3 N–H and O–H groups in total. The van der Waals surface area contributed by atoms with Crippen LogP contribution in [0.4, 0.5) is 4.39 Å². The van der Waals surface area contributed by atoms with Gasteiger partial charge in [0, 0.05) is 24.9 Å². The summed E-state index contributed by atoms with van der Waals surface area (Å²) in [4.78, 5) is 13.9. The summed E-state index contributed by atoms with van der Waals surface area (Å²) in [6, 6.07) is 5.04. The number of carbonyl (C=O) groups excluding carboxylic acids is 1. The van der Waals surface area contributed by atoms with Gasteiger partial charge in [-0.15, -0.1) is 0 Å². The Hall–Kier alpha value is -1.70. The summed E-state index contributed by atoms with van der Waals surface area (Å²) >= 11 is 0. The van der Waals surface area contributed by atoms with Gasteiger partial charge in [-0.05, 0) is 19.2 Å². The molecule has 1 aliphatic rings. The van der Waals surface area contributed by atoms with Gasteiger partial charge in [0.15, 0.2) is 0 Å². The van der Waals surface area contributed by atoms with Crippen LogP contribution in [0.25, 0.3) is 0 Å². The van der Waals surface area contributed by atoms with Crippen molar-refractivity contribution in [2.45, 2.75) is 44.6 Å². The van der Waals surface area contributed by atoms with Crippen LogP contribution in [-0.4, -0.2) is 65.5 Å². The molecule has 0 aromatic heterocycles. The van der Waals surface area contributed by atoms with Crippen molar-refractivity contribution in [1.29, 1.82) is 0 Å². The van der Waals surface area contributed by atoms with Crippen molar-refractivity contribution in [2.24, 2.45) is 5.92 Å². The Bertz CT molecular complexity index is 584. The highest BCUT2D eigenvalue weighted by molar-refractivity contribution is 5.78. The molecule has 1 fully saturated rings. The third-order valence-corrected chi connectivity index (χ3v) is 4.53. The molecule has 1 aromatic rings. The summed E-state index contributed by atoms with van der Waals surface area (Å²) < 4.78 is 19.1. The molecule has 0 bridgehead atoms. The Balaban J connectivity index is 2.15. The van der Waals surface area contributed by atoms with Crippen LogP contribution in [0, 0.1) is 11.7 Å². The van der Waals surface area contributed by atoms with Gasteiger partial charge in [0.2, 0.25) is 5.91 Å². The maximum absolute atomic E-state index is 13.3. The maximum Gasteiger partial charge on any atom is 0.222 e. The first-order valence-corrected chi connectivity index (χ1v) is 8.55. The fourth-order valence-electron chi connectivity index (χ4n) is 3.19. The lowest BCUT2D eigenvalue weighted by Gasteiger charge is -2.32. The molecule has 7 heteroatoms. The minimum absolute atomic E-state index is 0.0556. The van der Waals surface area contributed by atoms with E-state index in [4.69, 9.17) is 4.74 Å². The van der Waals surface area contributed by atoms with Gasteiger partial charge >= 0.3 is 0 Å². The van der Waals surface area contributed by atoms with Crippen LogP contribution < -0.4 is 10.1 Å². The molecule has 0 spiro atoms. The van der Waals surface area contributed by atoms with Crippen LogP contribution in [0.5, 0.6) is 5.75 Å². The molecule has 1 saturated carbocycles. The van der Waals surface area contributed by atoms with E-state index in [-0.39, 0.29) is 24.5 Å². The monoisotopic (exact) mass is 354 g/mol. The lowest BCUT2D eigenvalue weighted by Crippen LogP contribution is -2.53. The zero-order valence-electron chi connectivity index (χ0n) is 14.9. The van der Waals surface area contributed by atoms with E-state index in [1.165, 1.54) is 12.1 Å². The number of likely N-dealkylation sites (N-methyl/N-ethyl adjacent to an activating group) is 1. The molecule has 25 heavy (non-hydrogen) atoms. The summed E-state index contributed by atoms with van der Waals surface area (Å²) in [6.45, 7) is 3.91. The van der Waals surface area contributed by atoms with E-state index in [1.54, 1.807) is 33.0 Å². The molecule has 0 saturated heterocycles. The van der Waals surface area contributed by atoms with Gasteiger partial charge in [-0.3, -0.25) is 9.69 Å². The van der Waals surface area contributed by atoms with E-state index in [2.05, 4.69) is 5.32 Å². The number of hydrogen-bond donors (Lipinski definition) is 3. The molecule has 1 amide bonds. The molecule has 6 nitrogen and oxygen atoms in total. The highest BCUT2D eigenvalue weighted by Crippen LogP contribution is 2.29. The van der Waals surface area contributed by atoms with E-state index in [9.17, 15) is 19.4 Å². The molecule has 2 rings (SSSR count). The van der Waals surface area contributed by atoms with Crippen LogP contribution in [-0.2, 0) is 4.79 Å². The first kappa shape index (κ1) is 19.6. The Morgan fingerprint density at radius 2 is 2.20 bits per heavy atom. The Labute approximate surface area is 147 Å². The van der Waals surface area contributed by atoms with Crippen LogP contribution >= 0.6 is 0 Å². The number of halogens is 1. The number of amides is 1. The highest BCUT2D eigenvalue weighted by Gasteiger charge is 2.46. The molecule has 1 aliphatic carbocycles. The second-order valence-corrected chi connectivity index (χ2v) is 6.80. The summed E-state index contributed by atoms with van der Waals surface area (Å²) in [6.07, 6.45) is -1.06. The van der Waals surface area contributed by atoms with Gasteiger partial charge in [-0.2, -0.15) is 0 Å². The molecule has 4 atom stereocenters. The number of carbonyl (C=O) groups is 1. The number of benzene rings is 1. The van der Waals surface area contributed by atoms with Gasteiger partial charge in [-0.25, -0.2) is 4.39 Å². The standard InChI is InChI=1S/C18H27FN2O4/c1-11(2)18(24)20-14-10-15(17(23)16(14)21(3)7-8-22)25-13-6-4-5-12(19)9-13/h4-6,9,11,14-17,22-23H,7-8,10H2,1-3H3,(H,20,24)/t14-,15-,16+,17+/m1/s1. The second-order valence-electron chi connectivity index (χ2n) is 6.80. The lowest BCUT2D eigenvalue weighted by atomic mass is 10.1. The Morgan fingerprint density at radius 1 is 1.48 bits per heavy atom. The van der Waals surface area contributed by atoms with Crippen molar-refractivity contribution in [2.75, 3.05) is 20.2 Å². The van der Waals surface area contributed by atoms with Gasteiger partial charge in [-0.1, -0.05) is 19.9 Å². The van der Waals surface area contributed by atoms with Crippen molar-refractivity contribution in [3.05, 3.63) is 30.1 Å². The average Bonchev–Trinajstić information content (AvgIpc) is 2.83. The number of aliphatic hydroxyl groups excluding tert-OH is 2. The third-order valence-electron chi connectivity index (χ3n) is 4.53. The third kappa shape index (κ3) is 4.90. The summed E-state index contributed by atoms with van der Waals surface area (Å²) in [5, 5.41) is 22.8. The minimum atomic E-state index is -0.878. The van der Waals surface area contributed by atoms with Crippen molar-refractivity contribution in [3.63, 3.8) is 0 Å². The van der Waals surface area contributed by atoms with Crippen molar-refractivity contribution >= 4 is 5.91 Å². The number of hydrogen-bond acceptors (Lipinski definition) is 5. The largest absolute Gasteiger partial charge is 0.487 e. The predicted molar refractivity (Wildman–Crippen MR) is 91.7 cm³/mol. The number of rotatable bonds is 7. The van der Waals surface area contributed by atoms with Crippen LogP contribution in [0.3, 0.4) is 0 Å². The minimum Gasteiger partial charge on any atom is -0.487 e. The normalized spacial score (nSPS) is 26.2. The van der Waals surface area contributed by atoms with E-state index >= 15 is 0 Å². The van der Waals surface area contributed by atoms with Gasteiger partial charge in [0.25, 0.3) is 0 Å². The fraction of sp³-hybridized carbons (Fsp3) is 0.611. The zero-order valence-corrected chi connectivity index (χ0v) is 14.9. The van der Waals surface area contributed by atoms with Crippen LogP contribution in [0.2, 0.25) is 0 Å². The van der Waals surface area contributed by atoms with E-state index in [0.29, 0.717) is 18.7 Å². The van der Waals surface area contributed by atoms with Crippen LogP contribution in [0.1, 0.15) is 20.3 Å². The maximum atomic E-state index is 13.3. The van der Waals surface area contributed by atoms with Gasteiger partial charge < -0.3 is 20.3 Å². The molecular weight excluding hydrogens is 327 g/mol. The smallest absolute Gasteiger partial charge is 0.222 e. The Kier molecular flexibility index (Phi) is 6.75. The molecular formula is C18H27FN2O4. The molecule has 0 heterocycles. The molecule has 1 aromatic carbocycles. The zero-order chi connectivity index (χ0) is 18.6. The Morgan fingerprint density at radius 3 is 2.80 bits per heavy atom. The quantitative estimate of drug-likeness (QED) is 0.674. The van der Waals surface area contributed by atoms with E-state index < -0.39 is 24.1 Å². The van der Waals surface area contributed by atoms with Crippen molar-refractivity contribution < 1.29 is 24.1 Å². The number of ether oxygens (including phenoxy) is 1. The first-order valence-electron chi connectivity index (χ1n) is 8.55. The topological polar surface area (TPSA) is 82.0 Å². The lowest BCUT2D eigenvalue weighted by molar-refractivity contribution is -0.125. The second kappa shape index (κ2) is 8.60. The van der Waals surface area contributed by atoms with Gasteiger partial charge in [0.1, 0.15) is 23.8 Å². The predicted octanol–water partition coefficient (Wildman–Crippen LogP) is 0.771. The molecule has 0 radical (unpaired) electrons. The van der Waals surface area contributed by atoms with Crippen molar-refractivity contribution in [3.8, 4) is 5.75 Å². The average molecular weight is 354 g/mol. The SMILES string of the molecule is CC(C)C(=O)N[C@@H]1C[C@@H](Oc2cccc(F)c2)[C@H](O)[C@H]1N(C)CCO. The van der Waals surface area contributed by atoms with Gasteiger partial charge in [0.05, 0.1) is 18.7 Å². The molecule has 140 valence electrons. The molecule has 0 aliphatic heterocycles. The van der Waals surface area contributed by atoms with Crippen molar-refractivity contribution in [1.82, 2.24) is 10.2 Å². The van der Waals surface area contributed by atoms with E-state index in [0.717, 1.165) is 0 Å². The summed E-state index contributed by atoms with van der Waals surface area (Å²) in [5.74, 6) is -0.359. The number of nitrogens with zero attached hydrogens (tertiary/aromatic N) is 1. The van der Waals surface area contributed by atoms with Crippen LogP contribution in [0.15, 0.2) is 24.3 Å². The van der Waals surface area contributed by atoms with E-state index in [1.807, 2.05) is 4.90 Å². The number of nitrogens with one attached hydrogen (secondary N) is 1. The summed E-state index contributed by atoms with van der Waals surface area (Å²) in [5.41, 5.74) is 0. The fourth-order valence-corrected chi connectivity index (χ4v) is 3.19.